The summed E-state index contributed by atoms with van der Waals surface area (Å²) < 4.78 is 30.0. The number of aryl methyl sites for hydroxylation is 1. The van der Waals surface area contributed by atoms with Gasteiger partial charge in [0.1, 0.15) is 5.82 Å². The largest absolute Gasteiger partial charge is 0.369 e. The average molecular weight is 518 g/mol. The van der Waals surface area contributed by atoms with Crippen molar-refractivity contribution < 1.29 is 8.42 Å². The Morgan fingerprint density at radius 2 is 1.58 bits per heavy atom. The van der Waals surface area contributed by atoms with Crippen molar-refractivity contribution in [3.05, 3.63) is 102 Å². The Labute approximate surface area is 214 Å². The van der Waals surface area contributed by atoms with Gasteiger partial charge in [0, 0.05) is 35.3 Å². The topological polar surface area (TPSA) is 88.4 Å². The average Bonchev–Trinajstić information content (AvgIpc) is 3.28. The molecule has 0 saturated carbocycles. The predicted molar refractivity (Wildman–Crippen MR) is 144 cm³/mol. The van der Waals surface area contributed by atoms with Crippen LogP contribution in [-0.2, 0) is 10.0 Å². The minimum atomic E-state index is -3.65. The van der Waals surface area contributed by atoms with Crippen LogP contribution in [0.4, 0.5) is 5.82 Å². The number of hydrogen-bond donors (Lipinski definition) is 2. The van der Waals surface area contributed by atoms with Crippen LogP contribution in [0, 0.1) is 6.92 Å². The molecule has 0 spiro atoms. The number of hydrogen-bond acceptors (Lipinski definition) is 5. The highest BCUT2D eigenvalue weighted by Gasteiger charge is 2.15. The molecule has 0 radical (unpaired) electrons. The molecule has 0 unspecified atom stereocenters. The lowest BCUT2D eigenvalue weighted by atomic mass is 10.1. The lowest BCUT2D eigenvalue weighted by molar-refractivity contribution is 0.583. The number of aromatic nitrogens is 3. The highest BCUT2D eigenvalue weighted by Crippen LogP contribution is 2.29. The summed E-state index contributed by atoms with van der Waals surface area (Å²) in [5.41, 5.74) is 5.14. The molecule has 0 aliphatic heterocycles. The Morgan fingerprint density at radius 3 is 2.33 bits per heavy atom. The van der Waals surface area contributed by atoms with Gasteiger partial charge in [-0.25, -0.2) is 18.1 Å². The van der Waals surface area contributed by atoms with E-state index in [4.69, 9.17) is 16.6 Å². The van der Waals surface area contributed by atoms with Crippen molar-refractivity contribution in [1.82, 2.24) is 19.3 Å². The molecule has 0 fully saturated rings. The third-order valence-electron chi connectivity index (χ3n) is 5.79. The van der Waals surface area contributed by atoms with Gasteiger partial charge in [-0.15, -0.1) is 0 Å². The SMILES string of the molecule is Cc1cnn2c(NCCNS(=O)(=O)c3ccc(-c4ccccc4)cc3)cc(-c3ccccc3Cl)nc12. The fourth-order valence-electron chi connectivity index (χ4n) is 3.92. The van der Waals surface area contributed by atoms with Gasteiger partial charge in [-0.3, -0.25) is 0 Å². The second-order valence-corrected chi connectivity index (χ2v) is 10.5. The molecule has 36 heavy (non-hydrogen) atoms. The van der Waals surface area contributed by atoms with Crippen LogP contribution in [0.25, 0.3) is 28.0 Å². The van der Waals surface area contributed by atoms with E-state index in [2.05, 4.69) is 15.1 Å². The van der Waals surface area contributed by atoms with Crippen LogP contribution in [0.1, 0.15) is 5.56 Å². The Hall–Kier alpha value is -3.72. The number of nitrogens with zero attached hydrogens (tertiary/aromatic N) is 3. The summed E-state index contributed by atoms with van der Waals surface area (Å²) in [7, 11) is -3.65. The predicted octanol–water partition coefficient (Wildman–Crippen LogP) is 5.42. The number of benzene rings is 3. The smallest absolute Gasteiger partial charge is 0.240 e. The molecule has 182 valence electrons. The van der Waals surface area contributed by atoms with Crippen LogP contribution in [-0.4, -0.2) is 36.1 Å². The van der Waals surface area contributed by atoms with Crippen molar-refractivity contribution in [2.45, 2.75) is 11.8 Å². The molecular weight excluding hydrogens is 494 g/mol. The highest BCUT2D eigenvalue weighted by molar-refractivity contribution is 7.89. The van der Waals surface area contributed by atoms with Gasteiger partial charge in [-0.2, -0.15) is 9.61 Å². The molecule has 0 aliphatic rings. The molecular formula is C27H24ClN5O2S. The van der Waals surface area contributed by atoms with Gasteiger partial charge >= 0.3 is 0 Å². The lowest BCUT2D eigenvalue weighted by Crippen LogP contribution is -2.29. The summed E-state index contributed by atoms with van der Waals surface area (Å²) in [4.78, 5) is 4.95. The maximum atomic E-state index is 12.8. The standard InChI is InChI=1S/C27H24ClN5O2S/c1-19-18-30-33-26(17-25(32-27(19)33)23-9-5-6-10-24(23)28)29-15-16-31-36(34,35)22-13-11-21(12-14-22)20-7-3-2-4-8-20/h2-14,17-18,29,31H,15-16H2,1H3. The number of anilines is 1. The Morgan fingerprint density at radius 1 is 0.889 bits per heavy atom. The number of rotatable bonds is 8. The van der Waals surface area contributed by atoms with E-state index in [1.807, 2.05) is 79.7 Å². The van der Waals surface area contributed by atoms with Crippen molar-refractivity contribution in [1.29, 1.82) is 0 Å². The highest BCUT2D eigenvalue weighted by atomic mass is 35.5. The van der Waals surface area contributed by atoms with Gasteiger partial charge in [0.2, 0.25) is 10.0 Å². The zero-order chi connectivity index (χ0) is 25.1. The first-order chi connectivity index (χ1) is 17.4. The van der Waals surface area contributed by atoms with E-state index in [0.717, 1.165) is 22.3 Å². The van der Waals surface area contributed by atoms with Gasteiger partial charge in [0.25, 0.3) is 0 Å². The van der Waals surface area contributed by atoms with Crippen molar-refractivity contribution >= 4 is 33.1 Å². The van der Waals surface area contributed by atoms with E-state index in [0.29, 0.717) is 28.7 Å². The molecule has 2 N–H and O–H groups in total. The molecule has 9 heteroatoms. The minimum Gasteiger partial charge on any atom is -0.369 e. The maximum Gasteiger partial charge on any atom is 0.240 e. The normalized spacial score (nSPS) is 11.6. The fraction of sp³-hybridized carbons (Fsp3) is 0.111. The van der Waals surface area contributed by atoms with Gasteiger partial charge in [0.05, 0.1) is 16.8 Å². The molecule has 5 aromatic rings. The van der Waals surface area contributed by atoms with Crippen molar-refractivity contribution in [2.24, 2.45) is 0 Å². The molecule has 0 aliphatic carbocycles. The van der Waals surface area contributed by atoms with Crippen LogP contribution >= 0.6 is 11.6 Å². The van der Waals surface area contributed by atoms with E-state index in [9.17, 15) is 8.42 Å². The maximum absolute atomic E-state index is 12.8. The number of nitrogens with one attached hydrogen (secondary N) is 2. The second kappa shape index (κ2) is 10.1. The van der Waals surface area contributed by atoms with Crippen LogP contribution < -0.4 is 10.0 Å². The molecule has 5 rings (SSSR count). The van der Waals surface area contributed by atoms with E-state index >= 15 is 0 Å². The molecule has 3 aromatic carbocycles. The first kappa shape index (κ1) is 24.0. The summed E-state index contributed by atoms with van der Waals surface area (Å²) in [6.07, 6.45) is 1.74. The molecule has 0 bridgehead atoms. The second-order valence-electron chi connectivity index (χ2n) is 8.28. The van der Waals surface area contributed by atoms with E-state index in [1.165, 1.54) is 0 Å². The lowest BCUT2D eigenvalue weighted by Gasteiger charge is -2.12. The van der Waals surface area contributed by atoms with Gasteiger partial charge in [0.15, 0.2) is 5.65 Å². The zero-order valence-electron chi connectivity index (χ0n) is 19.5. The number of fused-ring (bicyclic) bond motifs is 1. The molecule has 0 saturated heterocycles. The monoisotopic (exact) mass is 517 g/mol. The zero-order valence-corrected chi connectivity index (χ0v) is 21.1. The number of halogens is 1. The third-order valence-corrected chi connectivity index (χ3v) is 7.60. The fourth-order valence-corrected chi connectivity index (χ4v) is 5.19. The van der Waals surface area contributed by atoms with E-state index in [-0.39, 0.29) is 11.4 Å². The van der Waals surface area contributed by atoms with Crippen molar-refractivity contribution in [3.8, 4) is 22.4 Å². The molecule has 7 nitrogen and oxygen atoms in total. The molecule has 0 amide bonds. The van der Waals surface area contributed by atoms with Crippen LogP contribution in [0.5, 0.6) is 0 Å². The van der Waals surface area contributed by atoms with Crippen molar-refractivity contribution in [2.75, 3.05) is 18.4 Å². The van der Waals surface area contributed by atoms with E-state index < -0.39 is 10.0 Å². The molecule has 2 aromatic heterocycles. The minimum absolute atomic E-state index is 0.189. The van der Waals surface area contributed by atoms with Gasteiger partial charge in [-0.05, 0) is 36.2 Å². The van der Waals surface area contributed by atoms with E-state index in [1.54, 1.807) is 22.8 Å². The third kappa shape index (κ3) is 4.97. The summed E-state index contributed by atoms with van der Waals surface area (Å²) in [5, 5.41) is 8.28. The Kier molecular flexibility index (Phi) is 6.73. The Bertz CT molecular complexity index is 1620. The Balaban J connectivity index is 1.29. The van der Waals surface area contributed by atoms with Gasteiger partial charge < -0.3 is 5.32 Å². The molecule has 0 atom stereocenters. The summed E-state index contributed by atoms with van der Waals surface area (Å²) in [6, 6.07) is 26.1. The van der Waals surface area contributed by atoms with Crippen molar-refractivity contribution in [3.63, 3.8) is 0 Å². The van der Waals surface area contributed by atoms with Gasteiger partial charge in [-0.1, -0.05) is 72.3 Å². The summed E-state index contributed by atoms with van der Waals surface area (Å²) in [6.45, 7) is 2.47. The first-order valence-corrected chi connectivity index (χ1v) is 13.3. The first-order valence-electron chi connectivity index (χ1n) is 11.4. The van der Waals surface area contributed by atoms with Crippen LogP contribution in [0.15, 0.2) is 96.0 Å². The molecule has 2 heterocycles. The van der Waals surface area contributed by atoms with Crippen LogP contribution in [0.3, 0.4) is 0 Å². The summed E-state index contributed by atoms with van der Waals surface area (Å²) >= 11 is 6.40. The number of sulfonamides is 1. The quantitative estimate of drug-likeness (QED) is 0.268. The summed E-state index contributed by atoms with van der Waals surface area (Å²) in [5.74, 6) is 0.689. The van der Waals surface area contributed by atoms with Crippen LogP contribution in [0.2, 0.25) is 5.02 Å².